The summed E-state index contributed by atoms with van der Waals surface area (Å²) >= 11 is 1.41. The van der Waals surface area contributed by atoms with E-state index in [-0.39, 0.29) is 17.7 Å². The second-order valence-electron chi connectivity index (χ2n) is 8.40. The molecule has 2 aromatic heterocycles. The number of carbonyl (C=O) groups excluding carboxylic acids is 1. The number of rotatable bonds is 7. The predicted octanol–water partition coefficient (Wildman–Crippen LogP) is 5.18. The largest absolute Gasteiger partial charge is 0.349 e. The summed E-state index contributed by atoms with van der Waals surface area (Å²) in [6.07, 6.45) is 7.61. The van der Waals surface area contributed by atoms with Crippen LogP contribution in [0.2, 0.25) is 0 Å². The van der Waals surface area contributed by atoms with E-state index in [9.17, 15) is 4.79 Å². The lowest BCUT2D eigenvalue weighted by Gasteiger charge is -2.26. The van der Waals surface area contributed by atoms with Gasteiger partial charge in [0.15, 0.2) is 11.0 Å². The van der Waals surface area contributed by atoms with E-state index in [1.165, 1.54) is 28.5 Å². The molecule has 0 unspecified atom stereocenters. The second kappa shape index (κ2) is 10.2. The van der Waals surface area contributed by atoms with Crippen LogP contribution in [-0.4, -0.2) is 31.4 Å². The SMILES string of the molecule is CCc1ccc(-n2c(SCC(=O)N[C@@H]3CCCc4ccccc43)nnc2-c2ccncc2)cc1. The zero-order chi connectivity index (χ0) is 23.3. The van der Waals surface area contributed by atoms with Crippen molar-refractivity contribution in [1.82, 2.24) is 25.1 Å². The van der Waals surface area contributed by atoms with Gasteiger partial charge in [-0.15, -0.1) is 10.2 Å². The van der Waals surface area contributed by atoms with Crippen LogP contribution in [0.25, 0.3) is 17.1 Å². The first-order chi connectivity index (χ1) is 16.7. The molecule has 1 aliphatic rings. The van der Waals surface area contributed by atoms with Crippen molar-refractivity contribution in [3.05, 3.63) is 89.7 Å². The topological polar surface area (TPSA) is 72.7 Å². The molecule has 2 aromatic carbocycles. The number of aryl methyl sites for hydroxylation is 2. The van der Waals surface area contributed by atoms with Crippen LogP contribution in [0.5, 0.6) is 0 Å². The third-order valence-electron chi connectivity index (χ3n) is 6.21. The smallest absolute Gasteiger partial charge is 0.230 e. The third-order valence-corrected chi connectivity index (χ3v) is 7.14. The van der Waals surface area contributed by atoms with Crippen LogP contribution in [0.1, 0.15) is 42.5 Å². The molecule has 5 rings (SSSR count). The number of carbonyl (C=O) groups is 1. The van der Waals surface area contributed by atoms with E-state index in [2.05, 4.69) is 69.9 Å². The molecule has 2 heterocycles. The Hall–Kier alpha value is -3.45. The van der Waals surface area contributed by atoms with Gasteiger partial charge in [-0.25, -0.2) is 0 Å². The number of amides is 1. The lowest BCUT2D eigenvalue weighted by Crippen LogP contribution is -2.32. The maximum absolute atomic E-state index is 12.9. The molecule has 1 atom stereocenters. The quantitative estimate of drug-likeness (QED) is 0.378. The fourth-order valence-electron chi connectivity index (χ4n) is 4.43. The molecule has 0 aliphatic heterocycles. The monoisotopic (exact) mass is 469 g/mol. The summed E-state index contributed by atoms with van der Waals surface area (Å²) in [4.78, 5) is 17.0. The summed E-state index contributed by atoms with van der Waals surface area (Å²) in [5.74, 6) is 1.02. The van der Waals surface area contributed by atoms with Gasteiger partial charge in [0.25, 0.3) is 0 Å². The number of aromatic nitrogens is 4. The molecule has 0 bridgehead atoms. The Balaban J connectivity index is 1.36. The Morgan fingerprint density at radius 2 is 1.85 bits per heavy atom. The molecule has 172 valence electrons. The zero-order valence-corrected chi connectivity index (χ0v) is 20.0. The van der Waals surface area contributed by atoms with E-state index in [1.54, 1.807) is 12.4 Å². The second-order valence-corrected chi connectivity index (χ2v) is 9.34. The maximum atomic E-state index is 12.9. The fourth-order valence-corrected chi connectivity index (χ4v) is 5.20. The van der Waals surface area contributed by atoms with Crippen molar-refractivity contribution < 1.29 is 4.79 Å². The van der Waals surface area contributed by atoms with Crippen LogP contribution >= 0.6 is 11.8 Å². The molecule has 0 spiro atoms. The van der Waals surface area contributed by atoms with Gasteiger partial charge in [-0.1, -0.05) is 55.1 Å². The molecular formula is C27H27N5OS. The Morgan fingerprint density at radius 3 is 2.65 bits per heavy atom. The number of pyridine rings is 1. The third kappa shape index (κ3) is 4.75. The number of hydrogen-bond acceptors (Lipinski definition) is 5. The average Bonchev–Trinajstić information content (AvgIpc) is 3.32. The van der Waals surface area contributed by atoms with Crippen molar-refractivity contribution in [2.75, 3.05) is 5.75 Å². The van der Waals surface area contributed by atoms with E-state index in [0.717, 1.165) is 42.8 Å². The van der Waals surface area contributed by atoms with Gasteiger partial charge in [0.05, 0.1) is 11.8 Å². The van der Waals surface area contributed by atoms with Gasteiger partial charge in [0.1, 0.15) is 0 Å². The van der Waals surface area contributed by atoms with Crippen LogP contribution in [0.15, 0.2) is 78.2 Å². The van der Waals surface area contributed by atoms with Gasteiger partial charge in [0.2, 0.25) is 5.91 Å². The molecule has 0 radical (unpaired) electrons. The van der Waals surface area contributed by atoms with Gasteiger partial charge in [-0.2, -0.15) is 0 Å². The minimum atomic E-state index is 0.00745. The molecular weight excluding hydrogens is 442 g/mol. The standard InChI is InChI=1S/C27H27N5OS/c1-2-19-10-12-22(13-11-19)32-26(21-14-16-28-17-15-21)30-31-27(32)34-18-25(33)29-24-9-5-7-20-6-3-4-8-23(20)24/h3-4,6,8,10-17,24H,2,5,7,9,18H2,1H3,(H,29,33)/t24-/m1/s1. The molecule has 34 heavy (non-hydrogen) atoms. The highest BCUT2D eigenvalue weighted by atomic mass is 32.2. The Morgan fingerprint density at radius 1 is 1.06 bits per heavy atom. The van der Waals surface area contributed by atoms with Crippen molar-refractivity contribution in [1.29, 1.82) is 0 Å². The fraction of sp³-hybridized carbons (Fsp3) is 0.259. The van der Waals surface area contributed by atoms with E-state index in [4.69, 9.17) is 0 Å². The number of nitrogens with zero attached hydrogens (tertiary/aromatic N) is 4. The molecule has 1 N–H and O–H groups in total. The van der Waals surface area contributed by atoms with Crippen molar-refractivity contribution in [2.45, 2.75) is 43.8 Å². The Bertz CT molecular complexity index is 1270. The van der Waals surface area contributed by atoms with Gasteiger partial charge < -0.3 is 5.32 Å². The molecule has 7 heteroatoms. The molecule has 0 fully saturated rings. The number of fused-ring (bicyclic) bond motifs is 1. The van der Waals surface area contributed by atoms with Gasteiger partial charge in [-0.3, -0.25) is 14.3 Å². The minimum Gasteiger partial charge on any atom is -0.349 e. The van der Waals surface area contributed by atoms with Crippen LogP contribution in [-0.2, 0) is 17.6 Å². The highest BCUT2D eigenvalue weighted by molar-refractivity contribution is 7.99. The number of nitrogens with one attached hydrogen (secondary N) is 1. The summed E-state index contributed by atoms with van der Waals surface area (Å²) in [6.45, 7) is 2.14. The first-order valence-electron chi connectivity index (χ1n) is 11.7. The van der Waals surface area contributed by atoms with Gasteiger partial charge in [-0.05, 0) is 66.6 Å². The van der Waals surface area contributed by atoms with Crippen molar-refractivity contribution in [2.24, 2.45) is 0 Å². The maximum Gasteiger partial charge on any atom is 0.230 e. The molecule has 0 saturated heterocycles. The first-order valence-corrected chi connectivity index (χ1v) is 12.7. The summed E-state index contributed by atoms with van der Waals surface area (Å²) in [5.41, 5.74) is 5.74. The normalized spacial score (nSPS) is 15.0. The highest BCUT2D eigenvalue weighted by Gasteiger charge is 2.22. The van der Waals surface area contributed by atoms with Crippen molar-refractivity contribution in [3.8, 4) is 17.1 Å². The van der Waals surface area contributed by atoms with E-state index < -0.39 is 0 Å². The Kier molecular flexibility index (Phi) is 6.72. The number of thioether (sulfide) groups is 1. The van der Waals surface area contributed by atoms with E-state index >= 15 is 0 Å². The van der Waals surface area contributed by atoms with Crippen molar-refractivity contribution >= 4 is 17.7 Å². The predicted molar refractivity (Wildman–Crippen MR) is 135 cm³/mol. The van der Waals surface area contributed by atoms with Crippen LogP contribution in [0.4, 0.5) is 0 Å². The number of hydrogen-bond donors (Lipinski definition) is 1. The summed E-state index contributed by atoms with van der Waals surface area (Å²) in [7, 11) is 0. The Labute approximate surface area is 203 Å². The van der Waals surface area contributed by atoms with Gasteiger partial charge in [0, 0.05) is 23.6 Å². The lowest BCUT2D eigenvalue weighted by molar-refractivity contribution is -0.119. The van der Waals surface area contributed by atoms with Crippen LogP contribution in [0, 0.1) is 0 Å². The summed E-state index contributed by atoms with van der Waals surface area (Å²) < 4.78 is 2.02. The van der Waals surface area contributed by atoms with E-state index in [1.807, 2.05) is 22.8 Å². The van der Waals surface area contributed by atoms with E-state index in [0.29, 0.717) is 5.16 Å². The molecule has 1 aliphatic carbocycles. The minimum absolute atomic E-state index is 0.00745. The number of benzene rings is 2. The van der Waals surface area contributed by atoms with Crippen LogP contribution in [0.3, 0.4) is 0 Å². The highest BCUT2D eigenvalue weighted by Crippen LogP contribution is 2.31. The molecule has 1 amide bonds. The average molecular weight is 470 g/mol. The van der Waals surface area contributed by atoms with Crippen molar-refractivity contribution in [3.63, 3.8) is 0 Å². The lowest BCUT2D eigenvalue weighted by atomic mass is 9.88. The van der Waals surface area contributed by atoms with Crippen LogP contribution < -0.4 is 5.32 Å². The van der Waals surface area contributed by atoms with Gasteiger partial charge >= 0.3 is 0 Å². The molecule has 6 nitrogen and oxygen atoms in total. The molecule has 0 saturated carbocycles. The zero-order valence-electron chi connectivity index (χ0n) is 19.1. The summed E-state index contributed by atoms with van der Waals surface area (Å²) in [6, 6.07) is 20.7. The summed E-state index contributed by atoms with van der Waals surface area (Å²) in [5, 5.41) is 12.8. The first kappa shape index (κ1) is 22.3. The molecule has 4 aromatic rings.